The fraction of sp³-hybridized carbons (Fsp3) is 0.667. The number of likely N-dealkylation sites (N-methyl/N-ethyl adjacent to an activating group) is 1. The SMILES string of the molecule is Cc1nc(N2CC(C)N(C)C(C)C2)sc1C=O. The molecule has 0 amide bonds. The highest BCUT2D eigenvalue weighted by molar-refractivity contribution is 7.17. The lowest BCUT2D eigenvalue weighted by Crippen LogP contribution is -2.55. The van der Waals surface area contributed by atoms with Crippen molar-refractivity contribution >= 4 is 22.8 Å². The summed E-state index contributed by atoms with van der Waals surface area (Å²) in [5, 5.41) is 0.983. The Balaban J connectivity index is 2.19. The van der Waals surface area contributed by atoms with Crippen molar-refractivity contribution in [3.63, 3.8) is 0 Å². The van der Waals surface area contributed by atoms with Gasteiger partial charge in [0.05, 0.1) is 10.6 Å². The summed E-state index contributed by atoms with van der Waals surface area (Å²) in [5.74, 6) is 0. The highest BCUT2D eigenvalue weighted by Crippen LogP contribution is 2.27. The number of rotatable bonds is 2. The number of piperazine rings is 1. The molecule has 94 valence electrons. The summed E-state index contributed by atoms with van der Waals surface area (Å²) >= 11 is 1.50. The maximum absolute atomic E-state index is 10.8. The molecule has 2 unspecified atom stereocenters. The second kappa shape index (κ2) is 4.74. The Bertz CT molecular complexity index is 406. The molecule has 0 aliphatic carbocycles. The van der Waals surface area contributed by atoms with Gasteiger partial charge in [-0.3, -0.25) is 9.69 Å². The van der Waals surface area contributed by atoms with Gasteiger partial charge in [-0.25, -0.2) is 4.98 Å². The van der Waals surface area contributed by atoms with Gasteiger partial charge in [-0.2, -0.15) is 0 Å². The normalized spacial score (nSPS) is 26.2. The number of thiazole rings is 1. The van der Waals surface area contributed by atoms with Crippen LogP contribution in [-0.4, -0.2) is 48.4 Å². The third-order valence-electron chi connectivity index (χ3n) is 3.56. The Labute approximate surface area is 106 Å². The molecule has 1 aliphatic rings. The zero-order valence-corrected chi connectivity index (χ0v) is 11.6. The van der Waals surface area contributed by atoms with Crippen molar-refractivity contribution in [2.45, 2.75) is 32.9 Å². The molecule has 1 aromatic rings. The van der Waals surface area contributed by atoms with Gasteiger partial charge in [0.15, 0.2) is 11.4 Å². The van der Waals surface area contributed by atoms with Crippen molar-refractivity contribution in [2.75, 3.05) is 25.0 Å². The van der Waals surface area contributed by atoms with E-state index in [1.54, 1.807) is 0 Å². The summed E-state index contributed by atoms with van der Waals surface area (Å²) in [5.41, 5.74) is 0.847. The van der Waals surface area contributed by atoms with Crippen molar-refractivity contribution < 1.29 is 4.79 Å². The number of hydrogen-bond acceptors (Lipinski definition) is 5. The number of aldehydes is 1. The van der Waals surface area contributed by atoms with E-state index in [9.17, 15) is 4.79 Å². The molecule has 2 rings (SSSR count). The van der Waals surface area contributed by atoms with Crippen LogP contribution in [0.4, 0.5) is 5.13 Å². The molecule has 0 spiro atoms. The lowest BCUT2D eigenvalue weighted by molar-refractivity contribution is 0.112. The molecule has 0 saturated carbocycles. The van der Waals surface area contributed by atoms with Crippen LogP contribution in [0.25, 0.3) is 0 Å². The number of carbonyl (C=O) groups is 1. The smallest absolute Gasteiger partial charge is 0.186 e. The average Bonchev–Trinajstić information content (AvgIpc) is 2.66. The quantitative estimate of drug-likeness (QED) is 0.753. The van der Waals surface area contributed by atoms with Gasteiger partial charge in [-0.05, 0) is 27.8 Å². The van der Waals surface area contributed by atoms with Crippen molar-refractivity contribution in [3.8, 4) is 0 Å². The van der Waals surface area contributed by atoms with Gasteiger partial charge in [0.1, 0.15) is 0 Å². The lowest BCUT2D eigenvalue weighted by atomic mass is 10.1. The number of anilines is 1. The topological polar surface area (TPSA) is 36.4 Å². The molecule has 2 heterocycles. The molecule has 4 nitrogen and oxygen atoms in total. The van der Waals surface area contributed by atoms with Crippen LogP contribution in [0.5, 0.6) is 0 Å². The fourth-order valence-electron chi connectivity index (χ4n) is 2.20. The van der Waals surface area contributed by atoms with Gasteiger partial charge in [-0.1, -0.05) is 11.3 Å². The molecule has 1 aromatic heterocycles. The Morgan fingerprint density at radius 1 is 1.35 bits per heavy atom. The number of hydrogen-bond donors (Lipinski definition) is 0. The van der Waals surface area contributed by atoms with Crippen LogP contribution in [0.15, 0.2) is 0 Å². The number of aryl methyl sites for hydroxylation is 1. The first-order chi connectivity index (χ1) is 8.02. The average molecular weight is 253 g/mol. The minimum absolute atomic E-state index is 0.516. The molecule has 1 fully saturated rings. The Hall–Kier alpha value is -0.940. The number of carbonyl (C=O) groups excluding carboxylic acids is 1. The summed E-state index contributed by atoms with van der Waals surface area (Å²) in [6, 6.07) is 1.03. The monoisotopic (exact) mass is 253 g/mol. The van der Waals surface area contributed by atoms with Crippen molar-refractivity contribution in [3.05, 3.63) is 10.6 Å². The number of nitrogens with zero attached hydrogens (tertiary/aromatic N) is 3. The Kier molecular flexibility index (Phi) is 3.49. The highest BCUT2D eigenvalue weighted by Gasteiger charge is 2.28. The fourth-order valence-corrected chi connectivity index (χ4v) is 3.10. The third-order valence-corrected chi connectivity index (χ3v) is 4.70. The molecule has 17 heavy (non-hydrogen) atoms. The first-order valence-electron chi connectivity index (χ1n) is 5.92. The zero-order chi connectivity index (χ0) is 12.6. The summed E-state index contributed by atoms with van der Waals surface area (Å²) in [7, 11) is 2.16. The Morgan fingerprint density at radius 3 is 2.41 bits per heavy atom. The van der Waals surface area contributed by atoms with E-state index in [0.29, 0.717) is 12.1 Å². The maximum Gasteiger partial charge on any atom is 0.186 e. The van der Waals surface area contributed by atoms with Gasteiger partial charge in [0.2, 0.25) is 0 Å². The van der Waals surface area contributed by atoms with Gasteiger partial charge in [0.25, 0.3) is 0 Å². The molecule has 5 heteroatoms. The van der Waals surface area contributed by atoms with E-state index < -0.39 is 0 Å². The molecule has 0 N–H and O–H groups in total. The van der Waals surface area contributed by atoms with E-state index in [2.05, 4.69) is 35.7 Å². The van der Waals surface area contributed by atoms with E-state index in [1.165, 1.54) is 11.3 Å². The summed E-state index contributed by atoms with van der Waals surface area (Å²) < 4.78 is 0. The predicted octanol–water partition coefficient (Wildman–Crippen LogP) is 1.79. The van der Waals surface area contributed by atoms with Gasteiger partial charge in [0, 0.05) is 25.2 Å². The van der Waals surface area contributed by atoms with Crippen LogP contribution in [0.1, 0.15) is 29.2 Å². The van der Waals surface area contributed by atoms with E-state index >= 15 is 0 Å². The highest BCUT2D eigenvalue weighted by atomic mass is 32.1. The Morgan fingerprint density at radius 2 is 1.94 bits per heavy atom. The minimum atomic E-state index is 0.516. The van der Waals surface area contributed by atoms with Crippen LogP contribution in [0.2, 0.25) is 0 Å². The zero-order valence-electron chi connectivity index (χ0n) is 10.8. The molecule has 0 aromatic carbocycles. The lowest BCUT2D eigenvalue weighted by Gasteiger charge is -2.42. The largest absolute Gasteiger partial charge is 0.345 e. The van der Waals surface area contributed by atoms with E-state index in [0.717, 1.165) is 35.1 Å². The van der Waals surface area contributed by atoms with E-state index in [1.807, 2.05) is 6.92 Å². The summed E-state index contributed by atoms with van der Waals surface area (Å²) in [4.78, 5) is 20.8. The standard InChI is InChI=1S/C12H19N3OS/c1-8-5-15(6-9(2)14(8)4)12-13-10(3)11(7-16)17-12/h7-9H,5-6H2,1-4H3. The van der Waals surface area contributed by atoms with E-state index in [4.69, 9.17) is 0 Å². The molecule has 1 aliphatic heterocycles. The van der Waals surface area contributed by atoms with Crippen molar-refractivity contribution in [1.82, 2.24) is 9.88 Å². The molecular weight excluding hydrogens is 234 g/mol. The van der Waals surface area contributed by atoms with Gasteiger partial charge < -0.3 is 4.90 Å². The summed E-state index contributed by atoms with van der Waals surface area (Å²) in [6.45, 7) is 8.30. The second-order valence-corrected chi connectivity index (χ2v) is 5.84. The second-order valence-electron chi connectivity index (χ2n) is 4.83. The predicted molar refractivity (Wildman–Crippen MR) is 71.1 cm³/mol. The molecule has 0 bridgehead atoms. The van der Waals surface area contributed by atoms with Crippen molar-refractivity contribution in [1.29, 1.82) is 0 Å². The minimum Gasteiger partial charge on any atom is -0.345 e. The van der Waals surface area contributed by atoms with E-state index in [-0.39, 0.29) is 0 Å². The molecule has 0 radical (unpaired) electrons. The van der Waals surface area contributed by atoms with Gasteiger partial charge >= 0.3 is 0 Å². The first-order valence-corrected chi connectivity index (χ1v) is 6.74. The van der Waals surface area contributed by atoms with Crippen LogP contribution in [-0.2, 0) is 0 Å². The molecule has 2 atom stereocenters. The summed E-state index contributed by atoms with van der Waals surface area (Å²) in [6.07, 6.45) is 0.902. The van der Waals surface area contributed by atoms with Crippen LogP contribution >= 0.6 is 11.3 Å². The number of aromatic nitrogens is 1. The third kappa shape index (κ3) is 2.35. The molecular formula is C12H19N3OS. The van der Waals surface area contributed by atoms with Crippen molar-refractivity contribution in [2.24, 2.45) is 0 Å². The first kappa shape index (κ1) is 12.5. The van der Waals surface area contributed by atoms with Crippen LogP contribution < -0.4 is 4.90 Å². The van der Waals surface area contributed by atoms with Crippen LogP contribution in [0.3, 0.4) is 0 Å². The van der Waals surface area contributed by atoms with Gasteiger partial charge in [-0.15, -0.1) is 0 Å². The maximum atomic E-state index is 10.8. The molecule has 1 saturated heterocycles. The van der Waals surface area contributed by atoms with Crippen LogP contribution in [0, 0.1) is 6.92 Å².